The van der Waals surface area contributed by atoms with Crippen molar-refractivity contribution in [3.8, 4) is 0 Å². The number of esters is 1. The summed E-state index contributed by atoms with van der Waals surface area (Å²) in [5.74, 6) is -0.569. The Morgan fingerprint density at radius 1 is 1.29 bits per heavy atom. The Morgan fingerprint density at radius 2 is 1.93 bits per heavy atom. The van der Waals surface area contributed by atoms with E-state index in [-0.39, 0.29) is 32.9 Å². The van der Waals surface area contributed by atoms with Gasteiger partial charge in [-0.1, -0.05) is 12.7 Å². The van der Waals surface area contributed by atoms with Gasteiger partial charge in [0.05, 0.1) is 19.3 Å². The molecule has 0 bridgehead atoms. The lowest BCUT2D eigenvalue weighted by atomic mass is 10.2. The quantitative estimate of drug-likeness (QED) is 0.368. The highest BCUT2D eigenvalue weighted by Crippen LogP contribution is 2.30. The Morgan fingerprint density at radius 3 is 2.46 bits per heavy atom. The molecule has 0 aromatic rings. The predicted octanol–water partition coefficient (Wildman–Crippen LogP) is 2.55. The minimum atomic E-state index is -0.923. The first-order chi connectivity index (χ1) is 12.9. The fraction of sp³-hybridized carbons (Fsp3) is 0.737. The number of rotatable bonds is 7. The number of hydrogen-bond donors (Lipinski definition) is 0. The van der Waals surface area contributed by atoms with Crippen LogP contribution in [0.2, 0.25) is 0 Å². The summed E-state index contributed by atoms with van der Waals surface area (Å²) in [7, 11) is 0. The molecule has 0 spiro atoms. The molecule has 0 radical (unpaired) electrons. The molecule has 1 heterocycles. The van der Waals surface area contributed by atoms with Crippen molar-refractivity contribution < 1.29 is 33.3 Å². The third-order valence-corrected chi connectivity index (χ3v) is 3.80. The Kier molecular flexibility index (Phi) is 8.29. The highest BCUT2D eigenvalue weighted by molar-refractivity contribution is 5.78. The fourth-order valence-corrected chi connectivity index (χ4v) is 2.74. The molecule has 1 saturated heterocycles. The van der Waals surface area contributed by atoms with Crippen molar-refractivity contribution in [2.75, 3.05) is 32.9 Å². The third kappa shape index (κ3) is 7.03. The van der Waals surface area contributed by atoms with Gasteiger partial charge in [0.1, 0.15) is 24.5 Å². The second kappa shape index (κ2) is 9.77. The van der Waals surface area contributed by atoms with Crippen LogP contribution in [0.1, 0.15) is 41.5 Å². The van der Waals surface area contributed by atoms with E-state index in [0.29, 0.717) is 0 Å². The van der Waals surface area contributed by atoms with Gasteiger partial charge in [0.15, 0.2) is 0 Å². The van der Waals surface area contributed by atoms with E-state index in [1.807, 2.05) is 0 Å². The number of carbonyl (C=O) groups excluding carboxylic acids is 3. The van der Waals surface area contributed by atoms with E-state index in [1.165, 1.54) is 15.9 Å². The first-order valence-electron chi connectivity index (χ1n) is 9.25. The van der Waals surface area contributed by atoms with Crippen molar-refractivity contribution in [1.82, 2.24) is 9.80 Å². The molecule has 0 saturated carbocycles. The smallest absolute Gasteiger partial charge is 0.412 e. The molecule has 9 heteroatoms. The molecule has 1 fully saturated rings. The molecule has 1 aliphatic heterocycles. The molecule has 0 aromatic heterocycles. The first kappa shape index (κ1) is 23.7. The minimum Gasteiger partial charge on any atom is -0.465 e. The highest BCUT2D eigenvalue weighted by atomic mass is 16.6. The number of carbonyl (C=O) groups is 3. The summed E-state index contributed by atoms with van der Waals surface area (Å²) in [4.78, 5) is 39.6. The zero-order valence-electron chi connectivity index (χ0n) is 17.6. The first-order valence-corrected chi connectivity index (χ1v) is 9.25. The molecule has 9 nitrogen and oxygen atoms in total. The van der Waals surface area contributed by atoms with Crippen LogP contribution in [0.25, 0.3) is 0 Å². The van der Waals surface area contributed by atoms with Crippen LogP contribution in [-0.2, 0) is 23.7 Å². The van der Waals surface area contributed by atoms with Crippen LogP contribution < -0.4 is 0 Å². The molecule has 1 atom stereocenters. The molecule has 160 valence electrons. The average Bonchev–Trinajstić information content (AvgIpc) is 2.85. The van der Waals surface area contributed by atoms with Crippen molar-refractivity contribution >= 4 is 18.2 Å². The highest BCUT2D eigenvalue weighted by Gasteiger charge is 2.46. The summed E-state index contributed by atoms with van der Waals surface area (Å²) in [6, 6.07) is -0.518. The van der Waals surface area contributed by atoms with Gasteiger partial charge in [-0.25, -0.2) is 9.59 Å². The van der Waals surface area contributed by atoms with E-state index in [1.54, 1.807) is 41.5 Å². The van der Waals surface area contributed by atoms with Gasteiger partial charge in [-0.15, -0.1) is 0 Å². The largest absolute Gasteiger partial charge is 0.465 e. The lowest BCUT2D eigenvalue weighted by Gasteiger charge is -2.36. The van der Waals surface area contributed by atoms with Crippen molar-refractivity contribution in [3.63, 3.8) is 0 Å². The molecule has 0 N–H and O–H groups in total. The third-order valence-electron chi connectivity index (χ3n) is 3.80. The molecule has 0 aliphatic carbocycles. The SMILES string of the molecule is C=CCOC(=O)N(CC(=O)OCC)CC1COC(C)(C)N1C(=O)OC(C)(C)C. The van der Waals surface area contributed by atoms with E-state index in [0.717, 1.165) is 0 Å². The number of ether oxygens (including phenoxy) is 4. The van der Waals surface area contributed by atoms with Crippen molar-refractivity contribution in [2.24, 2.45) is 0 Å². The standard InChI is InChI=1S/C19H32N2O7/c1-8-10-26-16(23)20(12-15(22)25-9-2)11-14-13-27-19(6,7)21(14)17(24)28-18(3,4)5/h8,14H,1,9-13H2,2-7H3. The van der Waals surface area contributed by atoms with Crippen molar-refractivity contribution in [3.05, 3.63) is 12.7 Å². The van der Waals surface area contributed by atoms with Crippen LogP contribution in [-0.4, -0.2) is 78.2 Å². The van der Waals surface area contributed by atoms with Crippen LogP contribution in [0.5, 0.6) is 0 Å². The molecular weight excluding hydrogens is 368 g/mol. The van der Waals surface area contributed by atoms with Crippen LogP contribution in [0.3, 0.4) is 0 Å². The van der Waals surface area contributed by atoms with E-state index in [2.05, 4.69) is 6.58 Å². The Hall–Kier alpha value is -2.29. The second-order valence-electron chi connectivity index (χ2n) is 7.81. The molecule has 2 amide bonds. The maximum atomic E-state index is 12.7. The molecule has 28 heavy (non-hydrogen) atoms. The molecule has 1 unspecified atom stereocenters. The van der Waals surface area contributed by atoms with E-state index in [4.69, 9.17) is 18.9 Å². The molecule has 1 rings (SSSR count). The van der Waals surface area contributed by atoms with Crippen LogP contribution in [0.4, 0.5) is 9.59 Å². The van der Waals surface area contributed by atoms with E-state index in [9.17, 15) is 14.4 Å². The summed E-state index contributed by atoms with van der Waals surface area (Å²) < 4.78 is 21.2. The Bertz CT molecular complexity index is 583. The van der Waals surface area contributed by atoms with Crippen LogP contribution >= 0.6 is 0 Å². The average molecular weight is 400 g/mol. The molecule has 1 aliphatic rings. The maximum absolute atomic E-state index is 12.7. The number of hydrogen-bond acceptors (Lipinski definition) is 7. The van der Waals surface area contributed by atoms with Gasteiger partial charge in [0.2, 0.25) is 0 Å². The van der Waals surface area contributed by atoms with Gasteiger partial charge < -0.3 is 18.9 Å². The minimum absolute atomic E-state index is 0.000594. The monoisotopic (exact) mass is 400 g/mol. The van der Waals surface area contributed by atoms with Crippen molar-refractivity contribution in [2.45, 2.75) is 58.9 Å². The second-order valence-corrected chi connectivity index (χ2v) is 7.81. The zero-order valence-corrected chi connectivity index (χ0v) is 17.6. The number of nitrogens with zero attached hydrogens (tertiary/aromatic N) is 2. The normalized spacial score (nSPS) is 18.4. The fourth-order valence-electron chi connectivity index (χ4n) is 2.74. The van der Waals surface area contributed by atoms with Gasteiger partial charge >= 0.3 is 18.2 Å². The van der Waals surface area contributed by atoms with Crippen molar-refractivity contribution in [1.29, 1.82) is 0 Å². The summed E-state index contributed by atoms with van der Waals surface area (Å²) >= 11 is 0. The summed E-state index contributed by atoms with van der Waals surface area (Å²) in [6.45, 7) is 14.0. The zero-order chi connectivity index (χ0) is 21.5. The topological polar surface area (TPSA) is 94.6 Å². The van der Waals surface area contributed by atoms with Gasteiger partial charge in [-0.05, 0) is 41.5 Å². The van der Waals surface area contributed by atoms with E-state index < -0.39 is 35.5 Å². The van der Waals surface area contributed by atoms with Gasteiger partial charge in [-0.3, -0.25) is 14.6 Å². The predicted molar refractivity (Wildman–Crippen MR) is 102 cm³/mol. The summed E-state index contributed by atoms with van der Waals surface area (Å²) in [5, 5.41) is 0. The lowest BCUT2D eigenvalue weighted by molar-refractivity contribution is -0.144. The van der Waals surface area contributed by atoms with Gasteiger partial charge in [-0.2, -0.15) is 0 Å². The number of amides is 2. The van der Waals surface area contributed by atoms with Crippen LogP contribution in [0.15, 0.2) is 12.7 Å². The molecular formula is C19H32N2O7. The molecule has 0 aromatic carbocycles. The Labute approximate surface area is 166 Å². The maximum Gasteiger partial charge on any atom is 0.412 e. The van der Waals surface area contributed by atoms with E-state index >= 15 is 0 Å². The van der Waals surface area contributed by atoms with Gasteiger partial charge in [0.25, 0.3) is 0 Å². The Balaban J connectivity index is 2.99. The lowest BCUT2D eigenvalue weighted by Crippen LogP contribution is -2.54. The summed E-state index contributed by atoms with van der Waals surface area (Å²) in [6.07, 6.45) is 0.159. The summed E-state index contributed by atoms with van der Waals surface area (Å²) in [5.41, 5.74) is -1.61. The van der Waals surface area contributed by atoms with Crippen LogP contribution in [0, 0.1) is 0 Å². The van der Waals surface area contributed by atoms with Gasteiger partial charge in [0, 0.05) is 6.54 Å².